The summed E-state index contributed by atoms with van der Waals surface area (Å²) < 4.78 is 0. The van der Waals surface area contributed by atoms with E-state index >= 15 is 0 Å². The second-order valence-corrected chi connectivity index (χ2v) is 6.42. The summed E-state index contributed by atoms with van der Waals surface area (Å²) in [4.78, 5) is 23.8. The van der Waals surface area contributed by atoms with Gasteiger partial charge in [0.2, 0.25) is 11.8 Å². The van der Waals surface area contributed by atoms with Gasteiger partial charge < -0.3 is 16.0 Å². The van der Waals surface area contributed by atoms with Gasteiger partial charge >= 0.3 is 0 Å². The Kier molecular flexibility index (Phi) is 4.63. The van der Waals surface area contributed by atoms with Crippen LogP contribution in [0, 0.1) is 5.41 Å². The molecular formula is C16H23N3O2. The van der Waals surface area contributed by atoms with Crippen LogP contribution in [0.5, 0.6) is 0 Å². The molecule has 0 aliphatic carbocycles. The zero-order chi connectivity index (χ0) is 15.5. The summed E-state index contributed by atoms with van der Waals surface area (Å²) in [5.41, 5.74) is 1.04. The highest BCUT2D eigenvalue weighted by molar-refractivity contribution is 5.96. The maximum Gasteiger partial charge on any atom is 0.241 e. The molecule has 1 fully saturated rings. The Bertz CT molecular complexity index is 511. The quantitative estimate of drug-likeness (QED) is 0.800. The summed E-state index contributed by atoms with van der Waals surface area (Å²) in [5, 5.41) is 8.90. The van der Waals surface area contributed by atoms with Crippen LogP contribution >= 0.6 is 0 Å². The fraction of sp³-hybridized carbons (Fsp3) is 0.500. The SMILES string of the molecule is CC(C)(C)C(=O)Nc1ccc(NC(=O)[C@@H]2CCCN2)cc1. The van der Waals surface area contributed by atoms with Gasteiger partial charge in [0.25, 0.3) is 0 Å². The van der Waals surface area contributed by atoms with E-state index in [9.17, 15) is 9.59 Å². The zero-order valence-corrected chi connectivity index (χ0v) is 12.8. The number of benzene rings is 1. The molecule has 1 heterocycles. The molecule has 0 spiro atoms. The predicted octanol–water partition coefficient (Wildman–Crippen LogP) is 2.36. The van der Waals surface area contributed by atoms with Crippen LogP contribution < -0.4 is 16.0 Å². The van der Waals surface area contributed by atoms with Crippen molar-refractivity contribution in [1.29, 1.82) is 0 Å². The molecule has 0 radical (unpaired) electrons. The van der Waals surface area contributed by atoms with Crippen molar-refractivity contribution in [2.24, 2.45) is 5.41 Å². The summed E-state index contributed by atoms with van der Waals surface area (Å²) in [6.07, 6.45) is 1.92. The highest BCUT2D eigenvalue weighted by atomic mass is 16.2. The standard InChI is InChI=1S/C16H23N3O2/c1-16(2,3)15(21)19-12-8-6-11(7-9-12)18-14(20)13-5-4-10-17-13/h6-9,13,17H,4-5,10H2,1-3H3,(H,18,20)(H,19,21)/t13-/m0/s1. The first-order valence-corrected chi connectivity index (χ1v) is 7.32. The van der Waals surface area contributed by atoms with E-state index in [1.165, 1.54) is 0 Å². The van der Waals surface area contributed by atoms with Gasteiger partial charge in [-0.05, 0) is 43.7 Å². The molecule has 1 aliphatic heterocycles. The van der Waals surface area contributed by atoms with Crippen molar-refractivity contribution in [3.63, 3.8) is 0 Å². The van der Waals surface area contributed by atoms with Crippen LogP contribution in [0.4, 0.5) is 11.4 Å². The fourth-order valence-electron chi connectivity index (χ4n) is 2.09. The predicted molar refractivity (Wildman–Crippen MR) is 84.2 cm³/mol. The number of nitrogens with one attached hydrogen (secondary N) is 3. The number of carbonyl (C=O) groups excluding carboxylic acids is 2. The van der Waals surface area contributed by atoms with E-state index in [-0.39, 0.29) is 17.9 Å². The molecule has 1 saturated heterocycles. The zero-order valence-electron chi connectivity index (χ0n) is 12.8. The Balaban J connectivity index is 1.92. The van der Waals surface area contributed by atoms with Crippen LogP contribution in [0.3, 0.4) is 0 Å². The minimum atomic E-state index is -0.430. The summed E-state index contributed by atoms with van der Waals surface area (Å²) in [6.45, 7) is 6.50. The van der Waals surface area contributed by atoms with Crippen molar-refractivity contribution in [3.8, 4) is 0 Å². The monoisotopic (exact) mass is 289 g/mol. The van der Waals surface area contributed by atoms with E-state index in [0.29, 0.717) is 0 Å². The molecule has 114 valence electrons. The van der Waals surface area contributed by atoms with Crippen molar-refractivity contribution in [2.45, 2.75) is 39.7 Å². The van der Waals surface area contributed by atoms with Crippen LogP contribution in [0.15, 0.2) is 24.3 Å². The Morgan fingerprint density at radius 3 is 2.14 bits per heavy atom. The van der Waals surface area contributed by atoms with Crippen LogP contribution in [-0.4, -0.2) is 24.4 Å². The third kappa shape index (κ3) is 4.29. The molecular weight excluding hydrogens is 266 g/mol. The molecule has 5 nitrogen and oxygen atoms in total. The van der Waals surface area contributed by atoms with Gasteiger partial charge in [-0.3, -0.25) is 9.59 Å². The highest BCUT2D eigenvalue weighted by Crippen LogP contribution is 2.19. The van der Waals surface area contributed by atoms with Gasteiger partial charge in [-0.1, -0.05) is 20.8 Å². The van der Waals surface area contributed by atoms with Crippen LogP contribution in [-0.2, 0) is 9.59 Å². The number of hydrogen-bond donors (Lipinski definition) is 3. The molecule has 0 unspecified atom stereocenters. The third-order valence-electron chi connectivity index (χ3n) is 3.47. The number of anilines is 2. The smallest absolute Gasteiger partial charge is 0.241 e. The molecule has 1 aliphatic rings. The van der Waals surface area contributed by atoms with Crippen molar-refractivity contribution >= 4 is 23.2 Å². The number of amides is 2. The largest absolute Gasteiger partial charge is 0.326 e. The molecule has 0 bridgehead atoms. The molecule has 1 aromatic carbocycles. The molecule has 1 atom stereocenters. The Morgan fingerprint density at radius 2 is 1.67 bits per heavy atom. The first-order valence-electron chi connectivity index (χ1n) is 7.32. The van der Waals surface area contributed by atoms with Crippen LogP contribution in [0.1, 0.15) is 33.6 Å². The van der Waals surface area contributed by atoms with E-state index in [1.54, 1.807) is 24.3 Å². The fourth-order valence-corrected chi connectivity index (χ4v) is 2.09. The lowest BCUT2D eigenvalue weighted by molar-refractivity contribution is -0.123. The second-order valence-electron chi connectivity index (χ2n) is 6.42. The molecule has 2 amide bonds. The van der Waals surface area contributed by atoms with Gasteiger partial charge in [-0.2, -0.15) is 0 Å². The average molecular weight is 289 g/mol. The normalized spacial score (nSPS) is 18.3. The number of hydrogen-bond acceptors (Lipinski definition) is 3. The maximum absolute atomic E-state index is 12.0. The highest BCUT2D eigenvalue weighted by Gasteiger charge is 2.22. The van der Waals surface area contributed by atoms with E-state index < -0.39 is 5.41 Å². The number of carbonyl (C=O) groups is 2. The molecule has 0 aromatic heterocycles. The molecule has 0 saturated carbocycles. The van der Waals surface area contributed by atoms with Gasteiger partial charge in [0.05, 0.1) is 6.04 Å². The lowest BCUT2D eigenvalue weighted by Gasteiger charge is -2.18. The second kappa shape index (κ2) is 6.26. The molecule has 3 N–H and O–H groups in total. The molecule has 1 aromatic rings. The van der Waals surface area contributed by atoms with Crippen molar-refractivity contribution < 1.29 is 9.59 Å². The first-order chi connectivity index (χ1) is 9.86. The van der Waals surface area contributed by atoms with Crippen LogP contribution in [0.25, 0.3) is 0 Å². The topological polar surface area (TPSA) is 70.2 Å². The van der Waals surface area contributed by atoms with Gasteiger partial charge in [0.15, 0.2) is 0 Å². The Morgan fingerprint density at radius 1 is 1.10 bits per heavy atom. The number of rotatable bonds is 3. The Labute approximate surface area is 125 Å². The Hall–Kier alpha value is -1.88. The minimum Gasteiger partial charge on any atom is -0.326 e. The molecule has 21 heavy (non-hydrogen) atoms. The summed E-state index contributed by atoms with van der Waals surface area (Å²) >= 11 is 0. The summed E-state index contributed by atoms with van der Waals surface area (Å²) in [7, 11) is 0. The van der Waals surface area contributed by atoms with Crippen molar-refractivity contribution in [1.82, 2.24) is 5.32 Å². The van der Waals surface area contributed by atoms with Gasteiger partial charge in [-0.15, -0.1) is 0 Å². The summed E-state index contributed by atoms with van der Waals surface area (Å²) in [6, 6.07) is 7.09. The van der Waals surface area contributed by atoms with Gasteiger partial charge in [0, 0.05) is 16.8 Å². The maximum atomic E-state index is 12.0. The van der Waals surface area contributed by atoms with Crippen molar-refractivity contribution in [2.75, 3.05) is 17.2 Å². The van der Waals surface area contributed by atoms with E-state index in [4.69, 9.17) is 0 Å². The van der Waals surface area contributed by atoms with Gasteiger partial charge in [0.1, 0.15) is 0 Å². The lowest BCUT2D eigenvalue weighted by Crippen LogP contribution is -2.35. The van der Waals surface area contributed by atoms with E-state index in [2.05, 4.69) is 16.0 Å². The molecule has 5 heteroatoms. The van der Waals surface area contributed by atoms with E-state index in [0.717, 1.165) is 30.8 Å². The van der Waals surface area contributed by atoms with Gasteiger partial charge in [-0.25, -0.2) is 0 Å². The molecule has 2 rings (SSSR count). The average Bonchev–Trinajstić information content (AvgIpc) is 2.94. The third-order valence-corrected chi connectivity index (χ3v) is 3.47. The van der Waals surface area contributed by atoms with Crippen molar-refractivity contribution in [3.05, 3.63) is 24.3 Å². The first kappa shape index (κ1) is 15.5. The summed E-state index contributed by atoms with van der Waals surface area (Å²) in [5.74, 6) is -0.0339. The minimum absolute atomic E-state index is 0.000947. The van der Waals surface area contributed by atoms with E-state index in [1.807, 2.05) is 20.8 Å². The van der Waals surface area contributed by atoms with Crippen LogP contribution in [0.2, 0.25) is 0 Å². The lowest BCUT2D eigenvalue weighted by atomic mass is 9.95.